The predicted molar refractivity (Wildman–Crippen MR) is 55.3 cm³/mol. The lowest BCUT2D eigenvalue weighted by Gasteiger charge is -2.07. The Hall–Kier alpha value is -2.22. The molecule has 0 bridgehead atoms. The molecule has 0 radical (unpaired) electrons. The molecule has 0 aliphatic heterocycles. The van der Waals surface area contributed by atoms with Crippen LogP contribution in [0.15, 0.2) is 12.1 Å². The third-order valence-corrected chi connectivity index (χ3v) is 1.91. The summed E-state index contributed by atoms with van der Waals surface area (Å²) in [4.78, 5) is 11.4. The molecule has 0 unspecified atom stereocenters. The van der Waals surface area contributed by atoms with E-state index in [9.17, 15) is 9.90 Å². The fraction of sp³-hybridized carbons (Fsp3) is 0.273. The Labute approximate surface area is 92.8 Å². The van der Waals surface area contributed by atoms with Crippen LogP contribution >= 0.6 is 0 Å². The van der Waals surface area contributed by atoms with Crippen LogP contribution in [-0.2, 0) is 4.74 Å². The average molecular weight is 221 g/mol. The fourth-order valence-electron chi connectivity index (χ4n) is 1.24. The molecule has 0 aliphatic rings. The number of esters is 1. The minimum absolute atomic E-state index is 0.0514. The summed E-state index contributed by atoms with van der Waals surface area (Å²) in [6.45, 7) is 1.90. The van der Waals surface area contributed by atoms with Gasteiger partial charge in [0.2, 0.25) is 0 Å². The van der Waals surface area contributed by atoms with Crippen molar-refractivity contribution < 1.29 is 19.4 Å². The molecule has 1 aromatic rings. The molecule has 1 rings (SSSR count). The van der Waals surface area contributed by atoms with E-state index < -0.39 is 5.97 Å². The first-order valence-electron chi connectivity index (χ1n) is 4.62. The zero-order chi connectivity index (χ0) is 12.1. The zero-order valence-corrected chi connectivity index (χ0v) is 8.98. The third-order valence-electron chi connectivity index (χ3n) is 1.91. The van der Waals surface area contributed by atoms with Crippen molar-refractivity contribution in [1.82, 2.24) is 0 Å². The monoisotopic (exact) mass is 221 g/mol. The smallest absolute Gasteiger partial charge is 0.338 e. The Balaban J connectivity index is 3.21. The summed E-state index contributed by atoms with van der Waals surface area (Å²) >= 11 is 0. The van der Waals surface area contributed by atoms with E-state index in [1.807, 2.05) is 6.07 Å². The van der Waals surface area contributed by atoms with E-state index in [1.54, 1.807) is 6.92 Å². The number of hydrogen-bond donors (Lipinski definition) is 1. The van der Waals surface area contributed by atoms with Gasteiger partial charge >= 0.3 is 5.97 Å². The van der Waals surface area contributed by atoms with E-state index in [0.29, 0.717) is 0 Å². The molecule has 0 amide bonds. The molecule has 0 heterocycles. The summed E-state index contributed by atoms with van der Waals surface area (Å²) in [5.41, 5.74) is 0.210. The van der Waals surface area contributed by atoms with Crippen molar-refractivity contribution in [2.24, 2.45) is 0 Å². The van der Waals surface area contributed by atoms with E-state index >= 15 is 0 Å². The Kier molecular flexibility index (Phi) is 3.72. The Morgan fingerprint density at radius 2 is 2.25 bits per heavy atom. The number of nitriles is 1. The van der Waals surface area contributed by atoms with Crippen molar-refractivity contribution in [3.05, 3.63) is 23.3 Å². The van der Waals surface area contributed by atoms with Crippen LogP contribution in [-0.4, -0.2) is 24.8 Å². The molecule has 0 spiro atoms. The SMILES string of the molecule is CCOC(=O)c1cc(O)c(OC)c(C#N)c1. The quantitative estimate of drug-likeness (QED) is 0.781. The van der Waals surface area contributed by atoms with Crippen molar-refractivity contribution in [3.63, 3.8) is 0 Å². The number of benzene rings is 1. The van der Waals surface area contributed by atoms with Crippen LogP contribution in [0.2, 0.25) is 0 Å². The average Bonchev–Trinajstić information content (AvgIpc) is 2.28. The molecule has 5 nitrogen and oxygen atoms in total. The second-order valence-electron chi connectivity index (χ2n) is 2.91. The maximum atomic E-state index is 11.4. The van der Waals surface area contributed by atoms with Crippen molar-refractivity contribution in [3.8, 4) is 17.6 Å². The van der Waals surface area contributed by atoms with Crippen LogP contribution in [0, 0.1) is 11.3 Å². The van der Waals surface area contributed by atoms with Crippen LogP contribution in [0.4, 0.5) is 0 Å². The van der Waals surface area contributed by atoms with Gasteiger partial charge in [-0.25, -0.2) is 4.79 Å². The van der Waals surface area contributed by atoms with Gasteiger partial charge in [0, 0.05) is 0 Å². The molecule has 0 aliphatic carbocycles. The van der Waals surface area contributed by atoms with Gasteiger partial charge in [0.05, 0.1) is 24.8 Å². The van der Waals surface area contributed by atoms with Crippen LogP contribution in [0.5, 0.6) is 11.5 Å². The molecular weight excluding hydrogens is 210 g/mol. The topological polar surface area (TPSA) is 79.6 Å². The summed E-state index contributed by atoms with van der Waals surface area (Å²) in [6, 6.07) is 4.35. The van der Waals surface area contributed by atoms with Gasteiger partial charge in [0.1, 0.15) is 6.07 Å². The van der Waals surface area contributed by atoms with E-state index in [4.69, 9.17) is 14.7 Å². The zero-order valence-electron chi connectivity index (χ0n) is 8.98. The number of methoxy groups -OCH3 is 1. The van der Waals surface area contributed by atoms with Gasteiger partial charge < -0.3 is 14.6 Å². The van der Waals surface area contributed by atoms with Crippen molar-refractivity contribution in [2.45, 2.75) is 6.92 Å². The summed E-state index contributed by atoms with van der Waals surface area (Å²) in [6.07, 6.45) is 0. The van der Waals surface area contributed by atoms with Crippen molar-refractivity contribution >= 4 is 5.97 Å². The highest BCUT2D eigenvalue weighted by molar-refractivity contribution is 5.91. The second kappa shape index (κ2) is 5.03. The molecule has 0 aromatic heterocycles. The Morgan fingerprint density at radius 1 is 1.56 bits per heavy atom. The first-order valence-corrected chi connectivity index (χ1v) is 4.62. The van der Waals surface area contributed by atoms with E-state index in [2.05, 4.69) is 0 Å². The highest BCUT2D eigenvalue weighted by Gasteiger charge is 2.15. The summed E-state index contributed by atoms with van der Waals surface area (Å²) in [5.74, 6) is -0.794. The highest BCUT2D eigenvalue weighted by Crippen LogP contribution is 2.31. The van der Waals surface area contributed by atoms with Gasteiger partial charge in [-0.15, -0.1) is 0 Å². The summed E-state index contributed by atoms with van der Waals surface area (Å²) in [5, 5.41) is 18.4. The number of carbonyl (C=O) groups is 1. The molecular formula is C11H11NO4. The van der Waals surface area contributed by atoms with Gasteiger partial charge in [0.25, 0.3) is 0 Å². The standard InChI is InChI=1S/C11H11NO4/c1-3-16-11(14)7-4-8(6-12)10(15-2)9(13)5-7/h4-5,13H,3H2,1-2H3. The number of hydrogen-bond acceptors (Lipinski definition) is 5. The van der Waals surface area contributed by atoms with Gasteiger partial charge in [-0.1, -0.05) is 0 Å². The maximum absolute atomic E-state index is 11.4. The molecule has 0 saturated heterocycles. The molecule has 0 saturated carbocycles. The second-order valence-corrected chi connectivity index (χ2v) is 2.91. The van der Waals surface area contributed by atoms with Crippen LogP contribution in [0.25, 0.3) is 0 Å². The number of phenols is 1. The van der Waals surface area contributed by atoms with Crippen LogP contribution in [0.1, 0.15) is 22.8 Å². The molecule has 0 fully saturated rings. The summed E-state index contributed by atoms with van der Waals surface area (Å²) < 4.78 is 9.59. The lowest BCUT2D eigenvalue weighted by Crippen LogP contribution is -2.05. The van der Waals surface area contributed by atoms with Crippen LogP contribution in [0.3, 0.4) is 0 Å². The highest BCUT2D eigenvalue weighted by atomic mass is 16.5. The molecule has 1 aromatic carbocycles. The molecule has 1 N–H and O–H groups in total. The predicted octanol–water partition coefficient (Wildman–Crippen LogP) is 1.45. The summed E-state index contributed by atoms with van der Waals surface area (Å²) in [7, 11) is 1.33. The molecule has 5 heteroatoms. The largest absolute Gasteiger partial charge is 0.504 e. The lowest BCUT2D eigenvalue weighted by molar-refractivity contribution is 0.0526. The van der Waals surface area contributed by atoms with Crippen molar-refractivity contribution in [2.75, 3.05) is 13.7 Å². The lowest BCUT2D eigenvalue weighted by atomic mass is 10.1. The normalized spacial score (nSPS) is 9.31. The minimum atomic E-state index is -0.586. The number of aromatic hydroxyl groups is 1. The van der Waals surface area contributed by atoms with Crippen molar-refractivity contribution in [1.29, 1.82) is 5.26 Å². The number of rotatable bonds is 3. The first kappa shape index (κ1) is 11.9. The van der Waals surface area contributed by atoms with Gasteiger partial charge in [-0.05, 0) is 19.1 Å². The molecule has 84 valence electrons. The van der Waals surface area contributed by atoms with Crippen LogP contribution < -0.4 is 4.74 Å². The number of nitrogens with zero attached hydrogens (tertiary/aromatic N) is 1. The maximum Gasteiger partial charge on any atom is 0.338 e. The van der Waals surface area contributed by atoms with Gasteiger partial charge in [0.15, 0.2) is 11.5 Å². The molecule has 16 heavy (non-hydrogen) atoms. The number of ether oxygens (including phenoxy) is 2. The number of phenolic OH excluding ortho intramolecular Hbond substituents is 1. The number of carbonyl (C=O) groups excluding carboxylic acids is 1. The minimum Gasteiger partial charge on any atom is -0.504 e. The van der Waals surface area contributed by atoms with E-state index in [1.165, 1.54) is 19.2 Å². The molecule has 0 atom stereocenters. The van der Waals surface area contributed by atoms with E-state index in [0.717, 1.165) is 0 Å². The first-order chi connectivity index (χ1) is 7.63. The Bertz CT molecular complexity index is 448. The third kappa shape index (κ3) is 2.23. The van der Waals surface area contributed by atoms with E-state index in [-0.39, 0.29) is 29.2 Å². The van der Waals surface area contributed by atoms with Gasteiger partial charge in [-0.2, -0.15) is 5.26 Å². The Morgan fingerprint density at radius 3 is 2.75 bits per heavy atom. The van der Waals surface area contributed by atoms with Gasteiger partial charge in [-0.3, -0.25) is 0 Å². The fourth-order valence-corrected chi connectivity index (χ4v) is 1.24.